The first-order chi connectivity index (χ1) is 9.72. The summed E-state index contributed by atoms with van der Waals surface area (Å²) in [4.78, 5) is 12.0. The van der Waals surface area contributed by atoms with E-state index < -0.39 is 0 Å². The maximum Gasteiger partial charge on any atom is 0.257 e. The predicted molar refractivity (Wildman–Crippen MR) is 79.5 cm³/mol. The average Bonchev–Trinajstić information content (AvgIpc) is 2.92. The first kappa shape index (κ1) is 14.5. The molecular formula is C14H17N3O2S. The third-order valence-electron chi connectivity index (χ3n) is 2.78. The fraction of sp³-hybridized carbons (Fsp3) is 0.357. The van der Waals surface area contributed by atoms with Crippen molar-refractivity contribution in [3.05, 3.63) is 34.8 Å². The number of amides is 1. The number of unbranched alkanes of at least 4 members (excludes halogenated alkanes) is 1. The number of carbonyl (C=O) groups is 1. The SMILES string of the molecule is CCCCc1nnc(NC(=O)c2ccc(OC)cc2)s1. The van der Waals surface area contributed by atoms with Crippen molar-refractivity contribution in [1.29, 1.82) is 0 Å². The molecule has 0 saturated heterocycles. The molecule has 0 unspecified atom stereocenters. The van der Waals surface area contributed by atoms with Crippen LogP contribution in [0.15, 0.2) is 24.3 Å². The Kier molecular flexibility index (Phi) is 5.06. The number of hydrogen-bond acceptors (Lipinski definition) is 5. The summed E-state index contributed by atoms with van der Waals surface area (Å²) in [5, 5.41) is 12.3. The molecule has 0 saturated carbocycles. The van der Waals surface area contributed by atoms with E-state index in [0.29, 0.717) is 10.7 Å². The van der Waals surface area contributed by atoms with Crippen molar-refractivity contribution >= 4 is 22.4 Å². The van der Waals surface area contributed by atoms with E-state index in [9.17, 15) is 4.79 Å². The molecule has 0 aliphatic heterocycles. The van der Waals surface area contributed by atoms with Crippen LogP contribution in [0, 0.1) is 0 Å². The van der Waals surface area contributed by atoms with Crippen LogP contribution < -0.4 is 10.1 Å². The molecule has 1 aromatic carbocycles. The largest absolute Gasteiger partial charge is 0.497 e. The second-order valence-corrected chi connectivity index (χ2v) is 5.35. The fourth-order valence-electron chi connectivity index (χ4n) is 1.64. The number of nitrogens with one attached hydrogen (secondary N) is 1. The molecule has 0 aliphatic carbocycles. The molecule has 2 rings (SSSR count). The van der Waals surface area contributed by atoms with Crippen LogP contribution in [0.2, 0.25) is 0 Å². The molecule has 1 heterocycles. The highest BCUT2D eigenvalue weighted by Gasteiger charge is 2.10. The third kappa shape index (κ3) is 3.77. The van der Waals surface area contributed by atoms with Crippen LogP contribution in [0.4, 0.5) is 5.13 Å². The van der Waals surface area contributed by atoms with E-state index in [1.807, 2.05) is 0 Å². The average molecular weight is 291 g/mol. The minimum absolute atomic E-state index is 0.189. The third-order valence-corrected chi connectivity index (χ3v) is 3.68. The van der Waals surface area contributed by atoms with Gasteiger partial charge in [0.1, 0.15) is 10.8 Å². The number of ether oxygens (including phenoxy) is 1. The Hall–Kier alpha value is -1.95. The second kappa shape index (κ2) is 7.00. The number of nitrogens with zero attached hydrogens (tertiary/aromatic N) is 2. The van der Waals surface area contributed by atoms with Crippen molar-refractivity contribution in [2.24, 2.45) is 0 Å². The van der Waals surface area contributed by atoms with Crippen LogP contribution >= 0.6 is 11.3 Å². The Balaban J connectivity index is 1.97. The predicted octanol–water partition coefficient (Wildman–Crippen LogP) is 3.14. The molecule has 0 spiro atoms. The lowest BCUT2D eigenvalue weighted by Crippen LogP contribution is -2.11. The van der Waals surface area contributed by atoms with Gasteiger partial charge >= 0.3 is 0 Å². The van der Waals surface area contributed by atoms with Crippen molar-refractivity contribution in [3.8, 4) is 5.75 Å². The Morgan fingerprint density at radius 3 is 2.70 bits per heavy atom. The topological polar surface area (TPSA) is 64.1 Å². The van der Waals surface area contributed by atoms with Gasteiger partial charge in [-0.15, -0.1) is 10.2 Å². The Morgan fingerprint density at radius 2 is 2.05 bits per heavy atom. The summed E-state index contributed by atoms with van der Waals surface area (Å²) in [5.41, 5.74) is 0.566. The van der Waals surface area contributed by atoms with Crippen molar-refractivity contribution in [2.75, 3.05) is 12.4 Å². The van der Waals surface area contributed by atoms with Gasteiger partial charge in [0.15, 0.2) is 0 Å². The van der Waals surface area contributed by atoms with Crippen LogP contribution in [0.1, 0.15) is 35.1 Å². The number of methoxy groups -OCH3 is 1. The van der Waals surface area contributed by atoms with Crippen LogP contribution in [0.5, 0.6) is 5.75 Å². The number of aromatic nitrogens is 2. The molecule has 0 bridgehead atoms. The van der Waals surface area contributed by atoms with Crippen molar-refractivity contribution in [3.63, 3.8) is 0 Å². The number of carbonyl (C=O) groups excluding carboxylic acids is 1. The maximum absolute atomic E-state index is 12.0. The minimum Gasteiger partial charge on any atom is -0.497 e. The summed E-state index contributed by atoms with van der Waals surface area (Å²) < 4.78 is 5.06. The highest BCUT2D eigenvalue weighted by molar-refractivity contribution is 7.15. The van der Waals surface area contributed by atoms with E-state index in [4.69, 9.17) is 4.74 Å². The highest BCUT2D eigenvalue weighted by atomic mass is 32.1. The van der Waals surface area contributed by atoms with E-state index in [1.165, 1.54) is 11.3 Å². The van der Waals surface area contributed by atoms with E-state index in [0.717, 1.165) is 30.0 Å². The van der Waals surface area contributed by atoms with E-state index in [2.05, 4.69) is 22.4 Å². The normalized spacial score (nSPS) is 10.3. The van der Waals surface area contributed by atoms with Gasteiger partial charge in [-0.3, -0.25) is 10.1 Å². The molecule has 1 N–H and O–H groups in total. The molecule has 0 fully saturated rings. The molecule has 0 radical (unpaired) electrons. The van der Waals surface area contributed by atoms with Gasteiger partial charge in [-0.25, -0.2) is 0 Å². The molecule has 0 atom stereocenters. The molecule has 20 heavy (non-hydrogen) atoms. The van der Waals surface area contributed by atoms with Gasteiger partial charge in [0.05, 0.1) is 7.11 Å². The van der Waals surface area contributed by atoms with E-state index in [-0.39, 0.29) is 5.91 Å². The molecule has 6 heteroatoms. The van der Waals surface area contributed by atoms with Crippen LogP contribution in [0.3, 0.4) is 0 Å². The van der Waals surface area contributed by atoms with Crippen LogP contribution in [-0.2, 0) is 6.42 Å². The molecule has 106 valence electrons. The number of anilines is 1. The Morgan fingerprint density at radius 1 is 1.30 bits per heavy atom. The van der Waals surface area contributed by atoms with Crippen LogP contribution in [0.25, 0.3) is 0 Å². The highest BCUT2D eigenvalue weighted by Crippen LogP contribution is 2.18. The summed E-state index contributed by atoms with van der Waals surface area (Å²) in [7, 11) is 1.59. The number of rotatable bonds is 6. The summed E-state index contributed by atoms with van der Waals surface area (Å²) in [5.74, 6) is 0.533. The van der Waals surface area contributed by atoms with Gasteiger partial charge in [-0.2, -0.15) is 0 Å². The lowest BCUT2D eigenvalue weighted by atomic mass is 10.2. The first-order valence-electron chi connectivity index (χ1n) is 6.50. The van der Waals surface area contributed by atoms with E-state index in [1.54, 1.807) is 31.4 Å². The smallest absolute Gasteiger partial charge is 0.257 e. The Labute approximate surface area is 122 Å². The van der Waals surface area contributed by atoms with Crippen molar-refractivity contribution in [1.82, 2.24) is 10.2 Å². The maximum atomic E-state index is 12.0. The lowest BCUT2D eigenvalue weighted by molar-refractivity contribution is 0.102. The number of aryl methyl sites for hydroxylation is 1. The summed E-state index contributed by atoms with van der Waals surface area (Å²) in [6, 6.07) is 6.93. The monoisotopic (exact) mass is 291 g/mol. The Bertz CT molecular complexity index is 566. The van der Waals surface area contributed by atoms with Gasteiger partial charge in [-0.05, 0) is 30.7 Å². The molecule has 1 amide bonds. The molecular weight excluding hydrogens is 274 g/mol. The zero-order chi connectivity index (χ0) is 14.4. The quantitative estimate of drug-likeness (QED) is 0.888. The number of hydrogen-bond donors (Lipinski definition) is 1. The van der Waals surface area contributed by atoms with Gasteiger partial charge in [0, 0.05) is 12.0 Å². The molecule has 2 aromatic rings. The summed E-state index contributed by atoms with van der Waals surface area (Å²) >= 11 is 1.42. The lowest BCUT2D eigenvalue weighted by Gasteiger charge is -2.02. The molecule has 1 aromatic heterocycles. The minimum atomic E-state index is -0.189. The fourth-order valence-corrected chi connectivity index (χ4v) is 2.42. The zero-order valence-electron chi connectivity index (χ0n) is 11.5. The van der Waals surface area contributed by atoms with Gasteiger partial charge in [0.25, 0.3) is 5.91 Å². The first-order valence-corrected chi connectivity index (χ1v) is 7.32. The van der Waals surface area contributed by atoms with Crippen LogP contribution in [-0.4, -0.2) is 23.2 Å². The van der Waals surface area contributed by atoms with Crippen molar-refractivity contribution < 1.29 is 9.53 Å². The summed E-state index contributed by atoms with van der Waals surface area (Å²) in [6.45, 7) is 2.13. The van der Waals surface area contributed by atoms with E-state index >= 15 is 0 Å². The van der Waals surface area contributed by atoms with Crippen molar-refractivity contribution in [2.45, 2.75) is 26.2 Å². The summed E-state index contributed by atoms with van der Waals surface area (Å²) in [6.07, 6.45) is 3.11. The second-order valence-electron chi connectivity index (χ2n) is 4.29. The van der Waals surface area contributed by atoms with Gasteiger partial charge < -0.3 is 4.74 Å². The zero-order valence-corrected chi connectivity index (χ0v) is 12.4. The van der Waals surface area contributed by atoms with Gasteiger partial charge in [0.2, 0.25) is 5.13 Å². The molecule has 5 nitrogen and oxygen atoms in total. The standard InChI is InChI=1S/C14H17N3O2S/c1-3-4-5-12-16-17-14(20-12)15-13(18)10-6-8-11(19-2)9-7-10/h6-9H,3-5H2,1-2H3,(H,15,17,18). The number of benzene rings is 1. The molecule has 0 aliphatic rings. The van der Waals surface area contributed by atoms with Gasteiger partial charge in [-0.1, -0.05) is 24.7 Å².